The van der Waals surface area contributed by atoms with Crippen LogP contribution in [0.2, 0.25) is 0 Å². The van der Waals surface area contributed by atoms with E-state index in [0.717, 1.165) is 152 Å². The molecule has 0 spiro atoms. The number of fused-ring (bicyclic) bond motifs is 3. The molecule has 0 aromatic carbocycles. The van der Waals surface area contributed by atoms with Crippen molar-refractivity contribution in [2.75, 3.05) is 92.5 Å². The molecule has 7 rings (SSSR count). The Morgan fingerprint density at radius 3 is 1.18 bits per heavy atom. The third-order valence-electron chi connectivity index (χ3n) is 20.8. The van der Waals surface area contributed by atoms with Gasteiger partial charge in [-0.2, -0.15) is 0 Å². The van der Waals surface area contributed by atoms with Gasteiger partial charge in [0, 0.05) is 72.7 Å². The molecule has 478 valence electrons. The molecular formula is C73H144O7. The Labute approximate surface area is 501 Å². The highest BCUT2D eigenvalue weighted by Gasteiger charge is 2.36. The van der Waals surface area contributed by atoms with Crippen LogP contribution in [0, 0.1) is 75.4 Å². The molecule has 0 N–H and O–H groups in total. The smallest absolute Gasteiger partial charge is 0.0521 e. The summed E-state index contributed by atoms with van der Waals surface area (Å²) in [4.78, 5) is 0. The van der Waals surface area contributed by atoms with E-state index in [0.29, 0.717) is 16.2 Å². The van der Waals surface area contributed by atoms with Gasteiger partial charge in [0.2, 0.25) is 0 Å². The molecule has 6 saturated carbocycles. The Bertz CT molecular complexity index is 1350. The molecule has 2 bridgehead atoms. The van der Waals surface area contributed by atoms with E-state index in [9.17, 15) is 0 Å². The lowest BCUT2D eigenvalue weighted by Gasteiger charge is -2.39. The molecule has 0 saturated heterocycles. The summed E-state index contributed by atoms with van der Waals surface area (Å²) in [5.74, 6) is 9.53. The third-order valence-corrected chi connectivity index (χ3v) is 20.8. The second kappa shape index (κ2) is 48.6. The molecule has 0 amide bonds. The molecular weight excluding hydrogens is 989 g/mol. The van der Waals surface area contributed by atoms with Crippen molar-refractivity contribution in [3.8, 4) is 0 Å². The Morgan fingerprint density at radius 1 is 0.325 bits per heavy atom. The SMILES string of the molecule is CCOCC(C)(C)CC.CCOCC(C)(CC)CC.CCOCC(CC)(CC)CC.CCOCC1CC2C=CC1C2.CCOCC1CCC(C2CCCCC2)CC1.CCOCC1CCC2CCCCC2C1.CCOCC1CCCC1. The second-order valence-electron chi connectivity index (χ2n) is 27.0. The van der Waals surface area contributed by atoms with Crippen molar-refractivity contribution in [2.24, 2.45) is 75.4 Å². The fourth-order valence-electron chi connectivity index (χ4n) is 13.6. The lowest BCUT2D eigenvalue weighted by atomic mass is 9.68. The topological polar surface area (TPSA) is 64.6 Å². The molecule has 0 aromatic rings. The minimum absolute atomic E-state index is 0.371. The molecule has 0 heterocycles. The summed E-state index contributed by atoms with van der Waals surface area (Å²) in [6, 6.07) is 0. The van der Waals surface area contributed by atoms with Gasteiger partial charge in [-0.15, -0.1) is 0 Å². The first-order valence-electron chi connectivity index (χ1n) is 35.4. The minimum Gasteiger partial charge on any atom is -0.381 e. The monoisotopic (exact) mass is 1130 g/mol. The molecule has 6 atom stereocenters. The zero-order valence-corrected chi connectivity index (χ0v) is 57.0. The molecule has 7 aliphatic carbocycles. The van der Waals surface area contributed by atoms with Crippen LogP contribution in [0.5, 0.6) is 0 Å². The van der Waals surface area contributed by atoms with Crippen LogP contribution in [0.25, 0.3) is 0 Å². The lowest BCUT2D eigenvalue weighted by Crippen LogP contribution is -2.29. The number of allylic oxidation sites excluding steroid dienone is 2. The minimum atomic E-state index is 0.371. The zero-order chi connectivity index (χ0) is 59.3. The van der Waals surface area contributed by atoms with E-state index < -0.39 is 0 Å². The van der Waals surface area contributed by atoms with Crippen molar-refractivity contribution in [2.45, 2.75) is 291 Å². The number of hydrogen-bond acceptors (Lipinski definition) is 7. The highest BCUT2D eigenvalue weighted by atomic mass is 16.5. The maximum atomic E-state index is 5.55. The summed E-state index contributed by atoms with van der Waals surface area (Å²) in [7, 11) is 0. The molecule has 6 fully saturated rings. The van der Waals surface area contributed by atoms with Crippen molar-refractivity contribution < 1.29 is 33.2 Å². The van der Waals surface area contributed by atoms with E-state index in [4.69, 9.17) is 33.2 Å². The summed E-state index contributed by atoms with van der Waals surface area (Å²) in [6.07, 6.45) is 44.3. The van der Waals surface area contributed by atoms with Crippen LogP contribution in [0.4, 0.5) is 0 Å². The molecule has 80 heavy (non-hydrogen) atoms. The van der Waals surface area contributed by atoms with Gasteiger partial charge in [0.1, 0.15) is 0 Å². The molecule has 0 aromatic heterocycles. The van der Waals surface area contributed by atoms with Gasteiger partial charge in [0.05, 0.1) is 19.8 Å². The first-order valence-corrected chi connectivity index (χ1v) is 35.4. The van der Waals surface area contributed by atoms with Gasteiger partial charge >= 0.3 is 0 Å². The highest BCUT2D eigenvalue weighted by Crippen LogP contribution is 2.44. The van der Waals surface area contributed by atoms with Gasteiger partial charge in [-0.3, -0.25) is 0 Å². The summed E-state index contributed by atoms with van der Waals surface area (Å²) in [5.41, 5.74) is 1.24. The Balaban J connectivity index is 0.000000472. The summed E-state index contributed by atoms with van der Waals surface area (Å²) in [5, 5.41) is 0. The third kappa shape index (κ3) is 34.6. The summed E-state index contributed by atoms with van der Waals surface area (Å²) >= 11 is 0. The lowest BCUT2D eigenvalue weighted by molar-refractivity contribution is 0.0421. The fourth-order valence-corrected chi connectivity index (χ4v) is 13.6. The Hall–Kier alpha value is -0.540. The maximum absolute atomic E-state index is 5.55. The van der Waals surface area contributed by atoms with Crippen LogP contribution >= 0.6 is 0 Å². The van der Waals surface area contributed by atoms with E-state index in [1.807, 2.05) is 13.8 Å². The predicted octanol–water partition coefficient (Wildman–Crippen LogP) is 21.0. The van der Waals surface area contributed by atoms with Crippen molar-refractivity contribution >= 4 is 0 Å². The van der Waals surface area contributed by atoms with Crippen LogP contribution in [0.1, 0.15) is 291 Å². The molecule has 0 aliphatic heterocycles. The number of ether oxygens (including phenoxy) is 7. The normalized spacial score (nSPS) is 25.6. The van der Waals surface area contributed by atoms with Crippen LogP contribution < -0.4 is 0 Å². The van der Waals surface area contributed by atoms with E-state index in [1.165, 1.54) is 180 Å². The number of hydrogen-bond donors (Lipinski definition) is 0. The first kappa shape index (κ1) is 77.5. The molecule has 7 nitrogen and oxygen atoms in total. The van der Waals surface area contributed by atoms with Gasteiger partial charge < -0.3 is 33.2 Å². The van der Waals surface area contributed by atoms with Gasteiger partial charge in [0.15, 0.2) is 0 Å². The average molecular weight is 1130 g/mol. The van der Waals surface area contributed by atoms with E-state index in [-0.39, 0.29) is 0 Å². The van der Waals surface area contributed by atoms with Crippen molar-refractivity contribution in [1.82, 2.24) is 0 Å². The van der Waals surface area contributed by atoms with Crippen LogP contribution in [0.15, 0.2) is 12.2 Å². The summed E-state index contributed by atoms with van der Waals surface area (Å²) < 4.78 is 38.0. The summed E-state index contributed by atoms with van der Waals surface area (Å²) in [6.45, 7) is 47.5. The number of rotatable bonds is 28. The molecule has 0 radical (unpaired) electrons. The van der Waals surface area contributed by atoms with Crippen molar-refractivity contribution in [3.05, 3.63) is 12.2 Å². The van der Waals surface area contributed by atoms with Crippen LogP contribution in [0.3, 0.4) is 0 Å². The van der Waals surface area contributed by atoms with E-state index >= 15 is 0 Å². The fraction of sp³-hybridized carbons (Fsp3) is 0.973. The Morgan fingerprint density at radius 2 is 0.725 bits per heavy atom. The standard InChI is InChI=1S/C15H28O.C13H24O.C10H16O.C10H22O.C9H20O.C8H16O.C8H18O/c1-2-16-12-13-8-10-15(11-9-13)14-6-4-3-5-7-14;1-2-14-10-11-7-8-12-5-3-4-6-13(12)9-11;1-2-11-7-10-6-8-3-4-9(10)5-8;1-5-10(6-2,7-3)9-11-8-4;1-5-9(4,6-2)8-10-7-3;1-2-9-7-8-5-3-4-6-8;1-5-8(3,4)7-9-6-2/h13-15H,2-12H2,1H3;11-13H,2-10H2,1H3;3-4,8-10H,2,5-7H2,1H3;5-9H2,1-4H3;5-8H2,1-4H3;8H,2-7H2,1H3;5-7H2,1-4H3. The van der Waals surface area contributed by atoms with E-state index in [2.05, 4.69) is 109 Å². The van der Waals surface area contributed by atoms with E-state index in [1.54, 1.807) is 0 Å². The molecule has 6 unspecified atom stereocenters. The average Bonchev–Trinajstić information content (AvgIpc) is 4.33. The highest BCUT2D eigenvalue weighted by molar-refractivity contribution is 5.10. The van der Waals surface area contributed by atoms with Crippen molar-refractivity contribution in [3.63, 3.8) is 0 Å². The largest absolute Gasteiger partial charge is 0.381 e. The zero-order valence-electron chi connectivity index (χ0n) is 57.0. The van der Waals surface area contributed by atoms with Gasteiger partial charge in [-0.25, -0.2) is 0 Å². The van der Waals surface area contributed by atoms with Gasteiger partial charge in [-0.05, 0) is 233 Å². The van der Waals surface area contributed by atoms with Crippen molar-refractivity contribution in [1.29, 1.82) is 0 Å². The second-order valence-corrected chi connectivity index (χ2v) is 27.0. The molecule has 7 heteroatoms. The first-order chi connectivity index (χ1) is 38.7. The predicted molar refractivity (Wildman–Crippen MR) is 347 cm³/mol. The maximum Gasteiger partial charge on any atom is 0.0521 e. The Kier molecular flexibility index (Phi) is 47.0. The van der Waals surface area contributed by atoms with Gasteiger partial charge in [0.25, 0.3) is 0 Å². The quantitative estimate of drug-likeness (QED) is 0.0723. The van der Waals surface area contributed by atoms with Crippen LogP contribution in [-0.2, 0) is 33.2 Å². The van der Waals surface area contributed by atoms with Crippen LogP contribution in [-0.4, -0.2) is 92.5 Å². The van der Waals surface area contributed by atoms with Gasteiger partial charge in [-0.1, -0.05) is 145 Å². The molecule has 7 aliphatic rings.